The molecule has 0 unspecified atom stereocenters. The predicted octanol–water partition coefficient (Wildman–Crippen LogP) is 3.65. The third kappa shape index (κ3) is 3.92. The minimum atomic E-state index is -0.892. The highest BCUT2D eigenvalue weighted by atomic mass is 79.9. The molecule has 0 saturated heterocycles. The van der Waals surface area contributed by atoms with Crippen molar-refractivity contribution in [2.75, 3.05) is 5.75 Å². The van der Waals surface area contributed by atoms with Gasteiger partial charge in [0.05, 0.1) is 5.56 Å². The van der Waals surface area contributed by atoms with Crippen LogP contribution < -0.4 is 0 Å². The Morgan fingerprint density at radius 3 is 2.94 bits per heavy atom. The van der Waals surface area contributed by atoms with Gasteiger partial charge in [-0.1, -0.05) is 15.9 Å². The van der Waals surface area contributed by atoms with E-state index in [4.69, 9.17) is 5.11 Å². The summed E-state index contributed by atoms with van der Waals surface area (Å²) in [6.07, 6.45) is 0.771. The van der Waals surface area contributed by atoms with Crippen LogP contribution in [-0.4, -0.2) is 16.8 Å². The average Bonchev–Trinajstić information content (AvgIpc) is 2.24. The molecule has 0 aliphatic heterocycles. The lowest BCUT2D eigenvalue weighted by atomic mass is 10.2. The molecule has 0 aliphatic rings. The van der Waals surface area contributed by atoms with E-state index in [0.717, 1.165) is 21.5 Å². The Bertz CT molecular complexity index is 446. The Hall–Kier alpha value is -0.920. The molecule has 0 heterocycles. The standard InChI is InChI=1S/C12H11BrO2S/c1-2-3-4-7-16-11-8-9(13)5-6-10(11)12(14)15/h5-6,8H,4,7H2,1H3,(H,14,15). The molecule has 1 N–H and O–H groups in total. The van der Waals surface area contributed by atoms with Crippen molar-refractivity contribution in [1.82, 2.24) is 0 Å². The zero-order chi connectivity index (χ0) is 12.0. The van der Waals surface area contributed by atoms with E-state index in [1.165, 1.54) is 11.8 Å². The highest BCUT2D eigenvalue weighted by Crippen LogP contribution is 2.27. The van der Waals surface area contributed by atoms with Gasteiger partial charge in [-0.3, -0.25) is 0 Å². The third-order valence-corrected chi connectivity index (χ3v) is 3.39. The molecule has 0 aromatic heterocycles. The van der Waals surface area contributed by atoms with E-state index in [-0.39, 0.29) is 0 Å². The largest absolute Gasteiger partial charge is 0.478 e. The molecule has 0 fully saturated rings. The van der Waals surface area contributed by atoms with Crippen LogP contribution in [0.4, 0.5) is 0 Å². The van der Waals surface area contributed by atoms with E-state index in [2.05, 4.69) is 27.8 Å². The summed E-state index contributed by atoms with van der Waals surface area (Å²) in [4.78, 5) is 11.7. The normalized spacial score (nSPS) is 9.38. The molecule has 0 bridgehead atoms. The number of rotatable bonds is 4. The maximum Gasteiger partial charge on any atom is 0.336 e. The summed E-state index contributed by atoms with van der Waals surface area (Å²) in [5, 5.41) is 9.00. The zero-order valence-corrected chi connectivity index (χ0v) is 11.2. The molecule has 2 nitrogen and oxygen atoms in total. The maximum atomic E-state index is 11.0. The van der Waals surface area contributed by atoms with Crippen LogP contribution in [0, 0.1) is 11.8 Å². The van der Waals surface area contributed by atoms with Crippen molar-refractivity contribution >= 4 is 33.7 Å². The maximum absolute atomic E-state index is 11.0. The fourth-order valence-electron chi connectivity index (χ4n) is 1.13. The highest BCUT2D eigenvalue weighted by molar-refractivity contribution is 9.10. The second-order valence-corrected chi connectivity index (χ2v) is 5.02. The van der Waals surface area contributed by atoms with Gasteiger partial charge < -0.3 is 5.11 Å². The first-order valence-electron chi connectivity index (χ1n) is 4.70. The molecule has 0 atom stereocenters. The molecule has 4 heteroatoms. The number of thioether (sulfide) groups is 1. The van der Waals surface area contributed by atoms with Gasteiger partial charge in [0, 0.05) is 21.5 Å². The average molecular weight is 299 g/mol. The first-order chi connectivity index (χ1) is 7.65. The second-order valence-electron chi connectivity index (χ2n) is 2.97. The molecule has 84 valence electrons. The van der Waals surface area contributed by atoms with Crippen LogP contribution in [0.3, 0.4) is 0 Å². The summed E-state index contributed by atoms with van der Waals surface area (Å²) in [5.41, 5.74) is 0.345. The van der Waals surface area contributed by atoms with E-state index < -0.39 is 5.97 Å². The molecule has 1 aromatic rings. The smallest absolute Gasteiger partial charge is 0.336 e. The van der Waals surface area contributed by atoms with Gasteiger partial charge in [-0.05, 0) is 25.1 Å². The van der Waals surface area contributed by atoms with Gasteiger partial charge in [0.1, 0.15) is 0 Å². The monoisotopic (exact) mass is 298 g/mol. The molecule has 0 radical (unpaired) electrons. The molecular formula is C12H11BrO2S. The van der Waals surface area contributed by atoms with Crippen molar-refractivity contribution in [3.05, 3.63) is 28.2 Å². The fourth-order valence-corrected chi connectivity index (χ4v) is 2.59. The molecule has 1 rings (SSSR count). The lowest BCUT2D eigenvalue weighted by molar-refractivity contribution is 0.0693. The van der Waals surface area contributed by atoms with Crippen LogP contribution in [0.5, 0.6) is 0 Å². The number of carboxylic acid groups (broad SMARTS) is 1. The fraction of sp³-hybridized carbons (Fsp3) is 0.250. The van der Waals surface area contributed by atoms with Crippen molar-refractivity contribution in [3.63, 3.8) is 0 Å². The lowest BCUT2D eigenvalue weighted by Crippen LogP contribution is -1.98. The van der Waals surface area contributed by atoms with Crippen molar-refractivity contribution in [3.8, 4) is 11.8 Å². The number of hydrogen-bond acceptors (Lipinski definition) is 2. The van der Waals surface area contributed by atoms with Crippen molar-refractivity contribution in [1.29, 1.82) is 0 Å². The molecular weight excluding hydrogens is 288 g/mol. The van der Waals surface area contributed by atoms with E-state index in [9.17, 15) is 4.79 Å². The third-order valence-electron chi connectivity index (χ3n) is 1.84. The SMILES string of the molecule is CC#CCCSc1cc(Br)ccc1C(=O)O. The van der Waals surface area contributed by atoms with Crippen molar-refractivity contribution in [2.24, 2.45) is 0 Å². The molecule has 0 saturated carbocycles. The van der Waals surface area contributed by atoms with Gasteiger partial charge in [0.2, 0.25) is 0 Å². The molecule has 0 amide bonds. The van der Waals surface area contributed by atoms with E-state index in [1.54, 1.807) is 19.1 Å². The Morgan fingerprint density at radius 1 is 1.56 bits per heavy atom. The Labute approximate surface area is 108 Å². The number of aromatic carboxylic acids is 1. The number of halogens is 1. The molecule has 0 aliphatic carbocycles. The summed E-state index contributed by atoms with van der Waals surface area (Å²) in [5.74, 6) is 5.68. The zero-order valence-electron chi connectivity index (χ0n) is 8.79. The summed E-state index contributed by atoms with van der Waals surface area (Å²) >= 11 is 4.85. The molecule has 0 spiro atoms. The highest BCUT2D eigenvalue weighted by Gasteiger charge is 2.10. The van der Waals surface area contributed by atoms with Crippen LogP contribution >= 0.6 is 27.7 Å². The van der Waals surface area contributed by atoms with Crippen LogP contribution in [0.25, 0.3) is 0 Å². The van der Waals surface area contributed by atoms with Crippen LogP contribution in [0.15, 0.2) is 27.6 Å². The topological polar surface area (TPSA) is 37.3 Å². The lowest BCUT2D eigenvalue weighted by Gasteiger charge is -2.05. The van der Waals surface area contributed by atoms with E-state index >= 15 is 0 Å². The van der Waals surface area contributed by atoms with Gasteiger partial charge in [-0.25, -0.2) is 4.79 Å². The summed E-state index contributed by atoms with van der Waals surface area (Å²) in [6.45, 7) is 1.80. The Kier molecular flexibility index (Phi) is 5.44. The number of carboxylic acids is 1. The summed E-state index contributed by atoms with van der Waals surface area (Å²) in [6, 6.07) is 5.17. The minimum Gasteiger partial charge on any atom is -0.478 e. The van der Waals surface area contributed by atoms with Crippen LogP contribution in [0.2, 0.25) is 0 Å². The van der Waals surface area contributed by atoms with Crippen molar-refractivity contribution in [2.45, 2.75) is 18.2 Å². The van der Waals surface area contributed by atoms with Gasteiger partial charge in [-0.15, -0.1) is 23.6 Å². The second kappa shape index (κ2) is 6.62. The summed E-state index contributed by atoms with van der Waals surface area (Å²) < 4.78 is 0.890. The van der Waals surface area contributed by atoms with E-state index in [0.29, 0.717) is 5.56 Å². The Balaban J connectivity index is 2.78. The quantitative estimate of drug-likeness (QED) is 0.524. The number of benzene rings is 1. The first kappa shape index (κ1) is 13.1. The predicted molar refractivity (Wildman–Crippen MR) is 69.9 cm³/mol. The van der Waals surface area contributed by atoms with Crippen LogP contribution in [0.1, 0.15) is 23.7 Å². The van der Waals surface area contributed by atoms with Gasteiger partial charge >= 0.3 is 5.97 Å². The van der Waals surface area contributed by atoms with Gasteiger partial charge in [0.25, 0.3) is 0 Å². The van der Waals surface area contributed by atoms with Gasteiger partial charge in [0.15, 0.2) is 0 Å². The number of hydrogen-bond donors (Lipinski definition) is 1. The van der Waals surface area contributed by atoms with Gasteiger partial charge in [-0.2, -0.15) is 0 Å². The van der Waals surface area contributed by atoms with E-state index in [1.807, 2.05) is 6.07 Å². The Morgan fingerprint density at radius 2 is 2.31 bits per heavy atom. The minimum absolute atomic E-state index is 0.345. The summed E-state index contributed by atoms with van der Waals surface area (Å²) in [7, 11) is 0. The van der Waals surface area contributed by atoms with Crippen molar-refractivity contribution < 1.29 is 9.90 Å². The first-order valence-corrected chi connectivity index (χ1v) is 6.48. The molecule has 16 heavy (non-hydrogen) atoms. The number of carbonyl (C=O) groups is 1. The van der Waals surface area contributed by atoms with Crippen LogP contribution in [-0.2, 0) is 0 Å². The molecule has 1 aromatic carbocycles.